The van der Waals surface area contributed by atoms with Crippen molar-refractivity contribution in [1.82, 2.24) is 0 Å². The predicted octanol–water partition coefficient (Wildman–Crippen LogP) is 5.21. The first-order valence-electron chi connectivity index (χ1n) is 18.1. The molecule has 1 heterocycles. The van der Waals surface area contributed by atoms with Gasteiger partial charge >= 0.3 is 5.97 Å². The maximum Gasteiger partial charge on any atom is 0.308 e. The fraction of sp³-hybridized carbons (Fsp3) is 0.326. The molecule has 0 aromatic heterocycles. The number of ketones is 2. The number of rotatable bonds is 8. The number of carbonyl (C=O) groups excluding carboxylic acids is 3. The SMILES string of the molecule is CC(=O)Oc1ccc2c(c1C=Cc1ccccc1)C(=O)c1cc(OC3OC(C)C(O)C(O)C3O)c(Cc3cccc(C4(O)CCCCC4)c3)c(O)c1C2=O. The van der Waals surface area contributed by atoms with Crippen LogP contribution in [0.1, 0.15) is 106 Å². The van der Waals surface area contributed by atoms with Crippen molar-refractivity contribution in [2.45, 2.75) is 88.7 Å². The normalized spacial score (nSPS) is 23.5. The van der Waals surface area contributed by atoms with Crippen LogP contribution in [-0.4, -0.2) is 73.8 Å². The first-order valence-corrected chi connectivity index (χ1v) is 18.1. The molecule has 11 nitrogen and oxygen atoms in total. The van der Waals surface area contributed by atoms with Crippen molar-refractivity contribution in [3.63, 3.8) is 0 Å². The topological polar surface area (TPSA) is 180 Å². The minimum Gasteiger partial charge on any atom is -0.507 e. The van der Waals surface area contributed by atoms with Crippen molar-refractivity contribution in [2.75, 3.05) is 0 Å². The van der Waals surface area contributed by atoms with Gasteiger partial charge in [0.25, 0.3) is 0 Å². The van der Waals surface area contributed by atoms with Crippen molar-refractivity contribution in [3.05, 3.63) is 123 Å². The fourth-order valence-electron chi connectivity index (χ4n) is 7.66. The van der Waals surface area contributed by atoms with Gasteiger partial charge in [-0.1, -0.05) is 79.9 Å². The van der Waals surface area contributed by atoms with Crippen molar-refractivity contribution in [2.24, 2.45) is 0 Å². The lowest BCUT2D eigenvalue weighted by molar-refractivity contribution is -0.268. The van der Waals surface area contributed by atoms with E-state index in [2.05, 4.69) is 0 Å². The molecule has 0 bridgehead atoms. The molecule has 2 fully saturated rings. The lowest BCUT2D eigenvalue weighted by atomic mass is 9.78. The van der Waals surface area contributed by atoms with Crippen molar-refractivity contribution in [3.8, 4) is 17.2 Å². The largest absolute Gasteiger partial charge is 0.507 e. The Bertz CT molecular complexity index is 2130. The predicted molar refractivity (Wildman–Crippen MR) is 197 cm³/mol. The minimum absolute atomic E-state index is 0.00970. The van der Waals surface area contributed by atoms with Crippen LogP contribution in [0.15, 0.2) is 72.8 Å². The first kappa shape index (κ1) is 37.2. The van der Waals surface area contributed by atoms with E-state index in [4.69, 9.17) is 14.2 Å². The van der Waals surface area contributed by atoms with Gasteiger partial charge < -0.3 is 39.7 Å². The molecule has 7 rings (SSSR count). The summed E-state index contributed by atoms with van der Waals surface area (Å²) in [5, 5.41) is 55.3. The third-order valence-electron chi connectivity index (χ3n) is 10.6. The Hall–Kier alpha value is -5.17. The Balaban J connectivity index is 1.36. The summed E-state index contributed by atoms with van der Waals surface area (Å²) in [5.41, 5.74) is 0.895. The molecule has 2 aliphatic carbocycles. The van der Waals surface area contributed by atoms with Crippen LogP contribution in [0, 0.1) is 0 Å². The Morgan fingerprint density at radius 1 is 0.833 bits per heavy atom. The molecule has 280 valence electrons. The second kappa shape index (κ2) is 14.9. The van der Waals surface area contributed by atoms with E-state index in [1.54, 1.807) is 24.3 Å². The van der Waals surface area contributed by atoms with E-state index in [0.29, 0.717) is 18.4 Å². The van der Waals surface area contributed by atoms with E-state index in [1.807, 2.05) is 42.5 Å². The number of hydrogen-bond donors (Lipinski definition) is 5. The highest BCUT2D eigenvalue weighted by atomic mass is 16.7. The average molecular weight is 735 g/mol. The zero-order chi connectivity index (χ0) is 38.3. The van der Waals surface area contributed by atoms with Gasteiger partial charge in [0.15, 0.2) is 11.6 Å². The van der Waals surface area contributed by atoms with Crippen molar-refractivity contribution >= 4 is 29.7 Å². The standard InChI is InChI=1S/C43H42O11/c1-23-36(45)40(49)41(50)42(52-23)54-33-22-31-35(38(47)30(33)21-26-12-9-13-27(20-26)43(51)18-7-4-8-19-43)37(46)29-16-17-32(53-24(2)44)28(34(29)39(31)48)15-14-25-10-5-3-6-11-25/h3,5-6,9-17,20,22-23,36,40-42,45,47,49-51H,4,7-8,18-19,21H2,1-2H3. The molecule has 3 aliphatic rings. The van der Waals surface area contributed by atoms with E-state index in [0.717, 1.165) is 30.4 Å². The molecule has 5 unspecified atom stereocenters. The van der Waals surface area contributed by atoms with E-state index in [1.165, 1.54) is 32.0 Å². The van der Waals surface area contributed by atoms with Gasteiger partial charge in [0.1, 0.15) is 35.6 Å². The third-order valence-corrected chi connectivity index (χ3v) is 10.6. The van der Waals surface area contributed by atoms with E-state index >= 15 is 0 Å². The van der Waals surface area contributed by atoms with Crippen LogP contribution in [-0.2, 0) is 21.6 Å². The molecule has 4 aromatic carbocycles. The summed E-state index contributed by atoms with van der Waals surface area (Å²) < 4.78 is 17.4. The number of carbonyl (C=O) groups is 3. The Labute approximate surface area is 312 Å². The van der Waals surface area contributed by atoms with E-state index in [9.17, 15) is 39.9 Å². The molecule has 0 spiro atoms. The number of esters is 1. The molecule has 0 amide bonds. The van der Waals surface area contributed by atoms with Crippen LogP contribution in [0.5, 0.6) is 17.2 Å². The average Bonchev–Trinajstić information content (AvgIpc) is 3.16. The van der Waals surface area contributed by atoms with E-state index < -0.39 is 59.6 Å². The summed E-state index contributed by atoms with van der Waals surface area (Å²) in [6.45, 7) is 2.71. The van der Waals surface area contributed by atoms with E-state index in [-0.39, 0.29) is 51.3 Å². The number of aliphatic hydroxyl groups excluding tert-OH is 3. The van der Waals surface area contributed by atoms with Crippen LogP contribution < -0.4 is 9.47 Å². The molecule has 1 saturated heterocycles. The highest BCUT2D eigenvalue weighted by Gasteiger charge is 2.44. The molecular formula is C43H42O11. The molecule has 11 heteroatoms. The molecule has 0 radical (unpaired) electrons. The summed E-state index contributed by atoms with van der Waals surface area (Å²) in [7, 11) is 0. The van der Waals surface area contributed by atoms with Gasteiger partial charge in [-0.3, -0.25) is 14.4 Å². The zero-order valence-electron chi connectivity index (χ0n) is 29.9. The molecule has 4 aromatic rings. The summed E-state index contributed by atoms with van der Waals surface area (Å²) in [5.74, 6) is -2.55. The van der Waals surface area contributed by atoms with Gasteiger partial charge in [-0.2, -0.15) is 0 Å². The molecule has 5 atom stereocenters. The molecule has 54 heavy (non-hydrogen) atoms. The maximum absolute atomic E-state index is 14.6. The first-order chi connectivity index (χ1) is 25.9. The van der Waals surface area contributed by atoms with Crippen LogP contribution in [0.2, 0.25) is 0 Å². The summed E-state index contributed by atoms with van der Waals surface area (Å²) in [6.07, 6.45) is 0.0561. The van der Waals surface area contributed by atoms with Gasteiger partial charge in [0.05, 0.1) is 17.3 Å². The van der Waals surface area contributed by atoms with Crippen molar-refractivity contribution in [1.29, 1.82) is 0 Å². The number of aliphatic hydroxyl groups is 4. The summed E-state index contributed by atoms with van der Waals surface area (Å²) in [6, 6.07) is 20.6. The summed E-state index contributed by atoms with van der Waals surface area (Å²) in [4.78, 5) is 41.1. The lowest BCUT2D eigenvalue weighted by Crippen LogP contribution is -2.58. The maximum atomic E-state index is 14.6. The fourth-order valence-corrected chi connectivity index (χ4v) is 7.66. The van der Waals surface area contributed by atoms with Gasteiger partial charge in [0, 0.05) is 41.2 Å². The number of benzene rings is 4. The highest BCUT2D eigenvalue weighted by Crippen LogP contribution is 2.45. The number of phenols is 1. The van der Waals surface area contributed by atoms with Crippen molar-refractivity contribution < 1.29 is 54.1 Å². The summed E-state index contributed by atoms with van der Waals surface area (Å²) >= 11 is 0. The number of hydrogen-bond acceptors (Lipinski definition) is 11. The number of fused-ring (bicyclic) bond motifs is 2. The minimum atomic E-state index is -1.72. The zero-order valence-corrected chi connectivity index (χ0v) is 29.9. The Morgan fingerprint density at radius 3 is 2.28 bits per heavy atom. The Kier molecular flexibility index (Phi) is 10.3. The van der Waals surface area contributed by atoms with Crippen LogP contribution in [0.25, 0.3) is 12.2 Å². The van der Waals surface area contributed by atoms with Crippen LogP contribution in [0.4, 0.5) is 0 Å². The molecule has 1 aliphatic heterocycles. The smallest absolute Gasteiger partial charge is 0.308 e. The van der Waals surface area contributed by atoms with Gasteiger partial charge in [-0.05, 0) is 60.7 Å². The highest BCUT2D eigenvalue weighted by molar-refractivity contribution is 6.31. The second-order valence-corrected chi connectivity index (χ2v) is 14.3. The molecular weight excluding hydrogens is 692 g/mol. The molecule has 1 saturated carbocycles. The molecule has 5 N–H and O–H groups in total. The third kappa shape index (κ3) is 6.97. The quantitative estimate of drug-likeness (QED) is 0.0803. The Morgan fingerprint density at radius 2 is 1.56 bits per heavy atom. The lowest BCUT2D eigenvalue weighted by Gasteiger charge is -2.39. The van der Waals surface area contributed by atoms with Crippen LogP contribution >= 0.6 is 0 Å². The van der Waals surface area contributed by atoms with Gasteiger partial charge in [-0.25, -0.2) is 0 Å². The second-order valence-electron chi connectivity index (χ2n) is 14.3. The van der Waals surface area contributed by atoms with Gasteiger partial charge in [0.2, 0.25) is 6.29 Å². The monoisotopic (exact) mass is 734 g/mol. The number of ether oxygens (including phenoxy) is 3. The van der Waals surface area contributed by atoms with Gasteiger partial charge in [-0.15, -0.1) is 0 Å². The number of phenolic OH excluding ortho intramolecular Hbond substituents is 1. The van der Waals surface area contributed by atoms with Crippen LogP contribution in [0.3, 0.4) is 0 Å². The number of aromatic hydroxyl groups is 1.